The first-order chi connectivity index (χ1) is 11.5. The average Bonchev–Trinajstić information content (AvgIpc) is 2.95. The summed E-state index contributed by atoms with van der Waals surface area (Å²) >= 11 is 1.43. The van der Waals surface area contributed by atoms with E-state index in [0.717, 1.165) is 21.0 Å². The van der Waals surface area contributed by atoms with E-state index in [1.807, 2.05) is 44.2 Å². The summed E-state index contributed by atoms with van der Waals surface area (Å²) in [5.41, 5.74) is 0.883. The summed E-state index contributed by atoms with van der Waals surface area (Å²) in [4.78, 5) is 28.3. The molecule has 3 aromatic rings. The summed E-state index contributed by atoms with van der Waals surface area (Å²) in [5, 5.41) is 8.25. The van der Waals surface area contributed by atoms with Gasteiger partial charge in [-0.2, -0.15) is 0 Å². The number of amides is 2. The van der Waals surface area contributed by atoms with E-state index in [4.69, 9.17) is 0 Å². The number of nitrogens with one attached hydrogen (secondary N) is 2. The van der Waals surface area contributed by atoms with Crippen LogP contribution in [0.2, 0.25) is 0 Å². The minimum Gasteiger partial charge on any atom is -0.344 e. The van der Waals surface area contributed by atoms with Crippen LogP contribution >= 0.6 is 11.3 Å². The van der Waals surface area contributed by atoms with Gasteiger partial charge in [0.15, 0.2) is 5.13 Å². The lowest BCUT2D eigenvalue weighted by Gasteiger charge is -2.19. The summed E-state index contributed by atoms with van der Waals surface area (Å²) in [5.74, 6) is -0.480. The van der Waals surface area contributed by atoms with E-state index in [1.54, 1.807) is 0 Å². The second kappa shape index (κ2) is 6.57. The second-order valence-corrected chi connectivity index (χ2v) is 7.09. The first kappa shape index (κ1) is 16.4. The Hall–Kier alpha value is -2.47. The van der Waals surface area contributed by atoms with Crippen molar-refractivity contribution in [2.24, 2.45) is 5.92 Å². The molecule has 6 heteroatoms. The molecule has 0 saturated heterocycles. The topological polar surface area (TPSA) is 71.1 Å². The third-order valence-electron chi connectivity index (χ3n) is 3.82. The maximum absolute atomic E-state index is 12.5. The Morgan fingerprint density at radius 3 is 2.58 bits per heavy atom. The minimum absolute atomic E-state index is 0.0101. The maximum atomic E-state index is 12.5. The highest BCUT2D eigenvalue weighted by molar-refractivity contribution is 7.22. The number of benzene rings is 2. The molecular formula is C18H19N3O2S. The Morgan fingerprint density at radius 1 is 1.12 bits per heavy atom. The summed E-state index contributed by atoms with van der Waals surface area (Å²) in [7, 11) is 0. The number of fused-ring (bicyclic) bond motifs is 3. The van der Waals surface area contributed by atoms with E-state index in [1.165, 1.54) is 18.3 Å². The quantitative estimate of drug-likeness (QED) is 0.762. The molecule has 1 unspecified atom stereocenters. The van der Waals surface area contributed by atoms with E-state index in [2.05, 4.69) is 21.7 Å². The van der Waals surface area contributed by atoms with Crippen molar-refractivity contribution in [3.63, 3.8) is 0 Å². The molecule has 124 valence electrons. The monoisotopic (exact) mass is 341 g/mol. The highest BCUT2D eigenvalue weighted by Crippen LogP contribution is 2.31. The first-order valence-electron chi connectivity index (χ1n) is 7.82. The van der Waals surface area contributed by atoms with Crippen molar-refractivity contribution >= 4 is 49.3 Å². The number of thiazole rings is 1. The van der Waals surface area contributed by atoms with Gasteiger partial charge in [0.05, 0.1) is 10.2 Å². The number of aromatic nitrogens is 1. The summed E-state index contributed by atoms with van der Waals surface area (Å²) in [6, 6.07) is 11.5. The molecule has 0 aliphatic carbocycles. The van der Waals surface area contributed by atoms with Crippen molar-refractivity contribution in [2.45, 2.75) is 26.8 Å². The number of anilines is 1. The summed E-state index contributed by atoms with van der Waals surface area (Å²) in [6.07, 6.45) is 0. The molecule has 1 aromatic heterocycles. The van der Waals surface area contributed by atoms with Crippen molar-refractivity contribution < 1.29 is 9.59 Å². The zero-order valence-electron chi connectivity index (χ0n) is 13.8. The van der Waals surface area contributed by atoms with E-state index in [-0.39, 0.29) is 17.7 Å². The van der Waals surface area contributed by atoms with Crippen molar-refractivity contribution in [1.82, 2.24) is 10.3 Å². The van der Waals surface area contributed by atoms with Crippen LogP contribution in [0.15, 0.2) is 36.4 Å². The largest absolute Gasteiger partial charge is 0.344 e. The Balaban J connectivity index is 1.91. The molecular weight excluding hydrogens is 322 g/mol. The number of carbonyl (C=O) groups excluding carboxylic acids is 2. The van der Waals surface area contributed by atoms with Gasteiger partial charge in [-0.25, -0.2) is 4.98 Å². The van der Waals surface area contributed by atoms with Crippen LogP contribution in [0.25, 0.3) is 21.0 Å². The fourth-order valence-electron chi connectivity index (χ4n) is 2.65. The van der Waals surface area contributed by atoms with E-state index in [9.17, 15) is 9.59 Å². The van der Waals surface area contributed by atoms with Gasteiger partial charge in [-0.15, -0.1) is 0 Å². The Labute approximate surface area is 144 Å². The highest BCUT2D eigenvalue weighted by Gasteiger charge is 2.24. The van der Waals surface area contributed by atoms with Crippen LogP contribution in [0, 0.1) is 5.92 Å². The lowest BCUT2D eigenvalue weighted by Crippen LogP contribution is -2.46. The number of rotatable bonds is 4. The van der Waals surface area contributed by atoms with E-state index >= 15 is 0 Å². The lowest BCUT2D eigenvalue weighted by atomic mass is 10.0. The second-order valence-electron chi connectivity index (χ2n) is 6.06. The van der Waals surface area contributed by atoms with Crippen LogP contribution in [-0.2, 0) is 9.59 Å². The van der Waals surface area contributed by atoms with Gasteiger partial charge in [0.2, 0.25) is 11.8 Å². The zero-order chi connectivity index (χ0) is 17.3. The molecule has 1 heterocycles. The van der Waals surface area contributed by atoms with Crippen LogP contribution in [0.4, 0.5) is 5.13 Å². The predicted molar refractivity (Wildman–Crippen MR) is 98.2 cm³/mol. The molecule has 2 amide bonds. The third-order valence-corrected chi connectivity index (χ3v) is 4.76. The van der Waals surface area contributed by atoms with Crippen molar-refractivity contribution in [2.75, 3.05) is 5.32 Å². The molecule has 2 aromatic carbocycles. The molecule has 0 aliphatic heterocycles. The fourth-order valence-corrected chi connectivity index (χ4v) is 3.54. The molecule has 0 fully saturated rings. The van der Waals surface area contributed by atoms with Crippen LogP contribution in [0.3, 0.4) is 0 Å². The normalized spacial score (nSPS) is 12.5. The molecule has 5 nitrogen and oxygen atoms in total. The number of carbonyl (C=O) groups is 2. The van der Waals surface area contributed by atoms with Crippen LogP contribution in [-0.4, -0.2) is 22.8 Å². The smallest absolute Gasteiger partial charge is 0.248 e. The van der Waals surface area contributed by atoms with Gasteiger partial charge in [-0.3, -0.25) is 9.59 Å². The SMILES string of the molecule is CC(=O)NC(C(=O)Nc1nc2c(ccc3ccccc32)s1)C(C)C. The highest BCUT2D eigenvalue weighted by atomic mass is 32.1. The summed E-state index contributed by atoms with van der Waals surface area (Å²) in [6.45, 7) is 5.20. The van der Waals surface area contributed by atoms with Gasteiger partial charge in [0, 0.05) is 12.3 Å². The van der Waals surface area contributed by atoms with Gasteiger partial charge in [0.1, 0.15) is 6.04 Å². The third kappa shape index (κ3) is 3.23. The molecule has 0 spiro atoms. The molecule has 1 atom stereocenters. The average molecular weight is 341 g/mol. The van der Waals surface area contributed by atoms with Crippen LogP contribution < -0.4 is 10.6 Å². The Bertz CT molecular complexity index is 917. The van der Waals surface area contributed by atoms with Crippen LogP contribution in [0.1, 0.15) is 20.8 Å². The maximum Gasteiger partial charge on any atom is 0.248 e. The van der Waals surface area contributed by atoms with Gasteiger partial charge in [-0.1, -0.05) is 55.5 Å². The molecule has 0 saturated carbocycles. The number of hydrogen-bond acceptors (Lipinski definition) is 4. The van der Waals surface area contributed by atoms with Crippen molar-refractivity contribution in [3.05, 3.63) is 36.4 Å². The minimum atomic E-state index is -0.578. The fraction of sp³-hybridized carbons (Fsp3) is 0.278. The van der Waals surface area contributed by atoms with Gasteiger partial charge in [-0.05, 0) is 17.4 Å². The van der Waals surface area contributed by atoms with Crippen molar-refractivity contribution in [1.29, 1.82) is 0 Å². The molecule has 2 N–H and O–H groups in total. The van der Waals surface area contributed by atoms with Gasteiger partial charge >= 0.3 is 0 Å². The predicted octanol–water partition coefficient (Wildman–Crippen LogP) is 3.55. The molecule has 24 heavy (non-hydrogen) atoms. The molecule has 0 aliphatic rings. The standard InChI is InChI=1S/C18H19N3O2S/c1-10(2)15(19-11(3)22)17(23)21-18-20-16-13-7-5-4-6-12(13)8-9-14(16)24-18/h4-10,15H,1-3H3,(H,19,22)(H,20,21,23). The molecule has 0 bridgehead atoms. The van der Waals surface area contributed by atoms with E-state index < -0.39 is 6.04 Å². The Morgan fingerprint density at radius 2 is 1.88 bits per heavy atom. The van der Waals surface area contributed by atoms with Gasteiger partial charge < -0.3 is 10.6 Å². The zero-order valence-corrected chi connectivity index (χ0v) is 14.6. The molecule has 0 radical (unpaired) electrons. The lowest BCUT2D eigenvalue weighted by molar-refractivity contribution is -0.126. The van der Waals surface area contributed by atoms with Gasteiger partial charge in [0.25, 0.3) is 0 Å². The van der Waals surface area contributed by atoms with Crippen molar-refractivity contribution in [3.8, 4) is 0 Å². The first-order valence-corrected chi connectivity index (χ1v) is 8.63. The number of hydrogen-bond donors (Lipinski definition) is 2. The van der Waals surface area contributed by atoms with Crippen LogP contribution in [0.5, 0.6) is 0 Å². The van der Waals surface area contributed by atoms with E-state index in [0.29, 0.717) is 5.13 Å². The molecule has 3 rings (SSSR count). The summed E-state index contributed by atoms with van der Waals surface area (Å²) < 4.78 is 1.02. The number of nitrogens with zero attached hydrogens (tertiary/aromatic N) is 1. The Kier molecular flexibility index (Phi) is 4.49.